The molecule has 0 spiro atoms. The highest BCUT2D eigenvalue weighted by atomic mass is 79.9. The maximum Gasteiger partial charge on any atom is 0.416 e. The van der Waals surface area contributed by atoms with Gasteiger partial charge < -0.3 is 10.2 Å². The summed E-state index contributed by atoms with van der Waals surface area (Å²) in [4.78, 5) is 29.9. The normalized spacial score (nSPS) is 14.5. The van der Waals surface area contributed by atoms with E-state index in [9.17, 15) is 31.2 Å². The zero-order chi connectivity index (χ0) is 35.0. The summed E-state index contributed by atoms with van der Waals surface area (Å²) >= 11 is 3.46. The van der Waals surface area contributed by atoms with Crippen molar-refractivity contribution in [3.8, 4) is 0 Å². The molecule has 5 rings (SSSR count). The molecule has 12 heteroatoms. The second-order valence-electron chi connectivity index (χ2n) is 12.1. The van der Waals surface area contributed by atoms with Gasteiger partial charge in [0.25, 0.3) is 10.0 Å². The van der Waals surface area contributed by atoms with Crippen molar-refractivity contribution in [2.75, 3.05) is 10.8 Å². The van der Waals surface area contributed by atoms with E-state index in [0.717, 1.165) is 54.3 Å². The number of hydrogen-bond acceptors (Lipinski definition) is 4. The van der Waals surface area contributed by atoms with E-state index in [1.54, 1.807) is 24.3 Å². The van der Waals surface area contributed by atoms with Crippen LogP contribution in [0.25, 0.3) is 0 Å². The number of alkyl halides is 3. The number of sulfonamides is 1. The Morgan fingerprint density at radius 3 is 2.10 bits per heavy atom. The zero-order valence-corrected chi connectivity index (χ0v) is 29.1. The number of rotatable bonds is 12. The molecule has 4 aromatic rings. The van der Waals surface area contributed by atoms with Crippen LogP contribution >= 0.6 is 15.9 Å². The highest BCUT2D eigenvalue weighted by Gasteiger charge is 2.37. The van der Waals surface area contributed by atoms with Gasteiger partial charge >= 0.3 is 6.18 Å². The monoisotopic (exact) mass is 755 g/mol. The Kier molecular flexibility index (Phi) is 11.8. The molecule has 4 aromatic carbocycles. The van der Waals surface area contributed by atoms with Crippen LogP contribution in [0.4, 0.5) is 18.9 Å². The summed E-state index contributed by atoms with van der Waals surface area (Å²) in [7, 11) is -4.54. The van der Waals surface area contributed by atoms with Crippen LogP contribution in [-0.4, -0.2) is 43.8 Å². The Balaban J connectivity index is 1.59. The minimum atomic E-state index is -4.76. The molecule has 1 N–H and O–H groups in total. The van der Waals surface area contributed by atoms with Gasteiger partial charge in [-0.1, -0.05) is 102 Å². The number of amides is 2. The first-order valence-electron chi connectivity index (χ1n) is 16.0. The average molecular weight is 757 g/mol. The first-order chi connectivity index (χ1) is 23.4. The fraction of sp³-hybridized carbons (Fsp3) is 0.297. The lowest BCUT2D eigenvalue weighted by Crippen LogP contribution is -2.55. The molecule has 0 unspecified atom stereocenters. The van der Waals surface area contributed by atoms with E-state index in [-0.39, 0.29) is 35.5 Å². The third kappa shape index (κ3) is 9.51. The summed E-state index contributed by atoms with van der Waals surface area (Å²) in [6.45, 7) is -0.912. The van der Waals surface area contributed by atoms with Crippen molar-refractivity contribution < 1.29 is 31.2 Å². The number of nitrogens with zero attached hydrogens (tertiary/aromatic N) is 2. The van der Waals surface area contributed by atoms with Crippen LogP contribution in [0.15, 0.2) is 119 Å². The van der Waals surface area contributed by atoms with E-state index in [1.165, 1.54) is 35.2 Å². The third-order valence-electron chi connectivity index (χ3n) is 8.54. The molecule has 0 aromatic heterocycles. The maximum absolute atomic E-state index is 14.6. The number of halogens is 4. The van der Waals surface area contributed by atoms with Gasteiger partial charge in [0.2, 0.25) is 11.8 Å². The third-order valence-corrected chi connectivity index (χ3v) is 10.8. The fourth-order valence-corrected chi connectivity index (χ4v) is 7.89. The van der Waals surface area contributed by atoms with E-state index in [1.807, 2.05) is 36.4 Å². The van der Waals surface area contributed by atoms with E-state index in [4.69, 9.17) is 0 Å². The molecular formula is C37H37BrF3N3O4S. The molecule has 1 saturated carbocycles. The standard InChI is InChI=1S/C37H37BrF3N3O4S/c38-30-16-10-14-28(22-30)25-43(34(23-27-12-4-1-5-13-27)36(46)42-31-17-6-2-7-18-31)35(45)26-44(49(47,48)33-20-8-3-9-21-33)32-19-11-15-29(24-32)37(39,40)41/h1,3-5,8-16,19-22,24,31,34H,2,6-7,17-18,23,25-26H2,(H,42,46)/t34-/m1/s1. The van der Waals surface area contributed by atoms with Crippen molar-refractivity contribution in [2.45, 2.75) is 68.2 Å². The summed E-state index contributed by atoms with van der Waals surface area (Å²) in [5, 5.41) is 3.14. The van der Waals surface area contributed by atoms with E-state index in [2.05, 4.69) is 21.2 Å². The van der Waals surface area contributed by atoms with Gasteiger partial charge in [-0.3, -0.25) is 13.9 Å². The van der Waals surface area contributed by atoms with Crippen molar-refractivity contribution >= 4 is 43.5 Å². The van der Waals surface area contributed by atoms with Crippen molar-refractivity contribution in [2.24, 2.45) is 0 Å². The first-order valence-corrected chi connectivity index (χ1v) is 18.3. The SMILES string of the molecule is O=C(NC1CCCCC1)[C@@H](Cc1ccccc1)N(Cc1cccc(Br)c1)C(=O)CN(c1cccc(C(F)(F)F)c1)S(=O)(=O)c1ccccc1. The van der Waals surface area contributed by atoms with Gasteiger partial charge in [0.05, 0.1) is 16.1 Å². The summed E-state index contributed by atoms with van der Waals surface area (Å²) in [6, 6.07) is 26.3. The second-order valence-corrected chi connectivity index (χ2v) is 14.9. The van der Waals surface area contributed by atoms with Crippen LogP contribution in [0.1, 0.15) is 48.8 Å². The van der Waals surface area contributed by atoms with Gasteiger partial charge in [-0.2, -0.15) is 13.2 Å². The van der Waals surface area contributed by atoms with Gasteiger partial charge in [0, 0.05) is 23.5 Å². The Hall–Kier alpha value is -4.16. The van der Waals surface area contributed by atoms with Crippen LogP contribution in [0.3, 0.4) is 0 Å². The van der Waals surface area contributed by atoms with Crippen molar-refractivity contribution in [1.82, 2.24) is 10.2 Å². The molecule has 258 valence electrons. The molecule has 2 amide bonds. The van der Waals surface area contributed by atoms with Crippen LogP contribution in [-0.2, 0) is 38.8 Å². The van der Waals surface area contributed by atoms with Crippen molar-refractivity contribution in [1.29, 1.82) is 0 Å². The Morgan fingerprint density at radius 2 is 1.45 bits per heavy atom. The highest BCUT2D eigenvalue weighted by molar-refractivity contribution is 9.10. The summed E-state index contributed by atoms with van der Waals surface area (Å²) < 4.78 is 71.1. The minimum Gasteiger partial charge on any atom is -0.352 e. The molecule has 0 bridgehead atoms. The lowest BCUT2D eigenvalue weighted by atomic mass is 9.94. The number of nitrogens with one attached hydrogen (secondary N) is 1. The van der Waals surface area contributed by atoms with Crippen LogP contribution in [0, 0.1) is 0 Å². The quantitative estimate of drug-likeness (QED) is 0.160. The Bertz CT molecular complexity index is 1840. The molecule has 0 aliphatic heterocycles. The number of carbonyl (C=O) groups is 2. The van der Waals surface area contributed by atoms with Crippen molar-refractivity contribution in [3.05, 3.63) is 130 Å². The molecule has 1 aliphatic carbocycles. The molecule has 1 atom stereocenters. The van der Waals surface area contributed by atoms with Gasteiger partial charge in [0.1, 0.15) is 12.6 Å². The predicted molar refractivity (Wildman–Crippen MR) is 186 cm³/mol. The Morgan fingerprint density at radius 1 is 0.816 bits per heavy atom. The molecular weight excluding hydrogens is 719 g/mol. The number of anilines is 1. The number of carbonyl (C=O) groups excluding carboxylic acids is 2. The molecule has 0 radical (unpaired) electrons. The smallest absolute Gasteiger partial charge is 0.352 e. The van der Waals surface area contributed by atoms with Crippen LogP contribution in [0.2, 0.25) is 0 Å². The van der Waals surface area contributed by atoms with Gasteiger partial charge in [-0.25, -0.2) is 8.42 Å². The lowest BCUT2D eigenvalue weighted by molar-refractivity contribution is -0.140. The summed E-state index contributed by atoms with van der Waals surface area (Å²) in [5.74, 6) is -1.13. The van der Waals surface area contributed by atoms with Gasteiger partial charge in [0.15, 0.2) is 0 Å². The molecule has 1 fully saturated rings. The Labute approximate surface area is 293 Å². The predicted octanol–water partition coefficient (Wildman–Crippen LogP) is 7.75. The largest absolute Gasteiger partial charge is 0.416 e. The highest BCUT2D eigenvalue weighted by Crippen LogP contribution is 2.33. The van der Waals surface area contributed by atoms with Crippen LogP contribution < -0.4 is 9.62 Å². The lowest BCUT2D eigenvalue weighted by Gasteiger charge is -2.35. The molecule has 0 saturated heterocycles. The van der Waals surface area contributed by atoms with Gasteiger partial charge in [-0.15, -0.1) is 0 Å². The zero-order valence-electron chi connectivity index (χ0n) is 26.7. The number of hydrogen-bond donors (Lipinski definition) is 1. The van der Waals surface area contributed by atoms with E-state index in [0.29, 0.717) is 15.9 Å². The van der Waals surface area contributed by atoms with E-state index < -0.39 is 40.3 Å². The molecule has 1 aliphatic rings. The molecule has 49 heavy (non-hydrogen) atoms. The first kappa shape index (κ1) is 36.1. The number of benzene rings is 4. The maximum atomic E-state index is 14.6. The van der Waals surface area contributed by atoms with Gasteiger partial charge in [-0.05, 0) is 66.4 Å². The minimum absolute atomic E-state index is 0.0598. The van der Waals surface area contributed by atoms with Crippen LogP contribution in [0.5, 0.6) is 0 Å². The molecule has 0 heterocycles. The second kappa shape index (κ2) is 16.0. The van der Waals surface area contributed by atoms with Crippen molar-refractivity contribution in [3.63, 3.8) is 0 Å². The summed E-state index contributed by atoms with van der Waals surface area (Å²) in [5.41, 5.74) is 0.0546. The fourth-order valence-electron chi connectivity index (χ4n) is 6.02. The average Bonchev–Trinajstić information content (AvgIpc) is 3.09. The summed E-state index contributed by atoms with van der Waals surface area (Å²) in [6.07, 6.45) is 0.0101. The van der Waals surface area contributed by atoms with E-state index >= 15 is 0 Å². The molecule has 7 nitrogen and oxygen atoms in total. The topological polar surface area (TPSA) is 86.8 Å².